The van der Waals surface area contributed by atoms with E-state index in [9.17, 15) is 10.5 Å². The molecule has 11 rings (SSSR count). The van der Waals surface area contributed by atoms with Crippen LogP contribution in [-0.4, -0.2) is 24.5 Å². The Balaban J connectivity index is 1.28. The molecule has 0 aliphatic rings. The second-order valence-corrected chi connectivity index (χ2v) is 15.7. The van der Waals surface area contributed by atoms with Crippen LogP contribution in [0.1, 0.15) is 11.1 Å². The summed E-state index contributed by atoms with van der Waals surface area (Å²) in [5, 5.41) is 23.0. The summed E-state index contributed by atoms with van der Waals surface area (Å²) in [6, 6.07) is 75.3. The molecule has 0 N–H and O–H groups in total. The van der Waals surface area contributed by atoms with Crippen LogP contribution in [-0.2, 0) is 0 Å². The van der Waals surface area contributed by atoms with Crippen molar-refractivity contribution < 1.29 is 0 Å². The van der Waals surface area contributed by atoms with Crippen molar-refractivity contribution >= 4 is 21.8 Å². The number of rotatable bonds is 8. The lowest BCUT2D eigenvalue weighted by molar-refractivity contribution is 1.14. The Labute approximate surface area is 375 Å². The van der Waals surface area contributed by atoms with E-state index in [2.05, 4.69) is 47.0 Å². The first kappa shape index (κ1) is 38.6. The first-order valence-corrected chi connectivity index (χ1v) is 21.3. The molecular weight excluding hydrogens is 795 g/mol. The Bertz CT molecular complexity index is 3400. The molecule has 7 heteroatoms. The van der Waals surface area contributed by atoms with Crippen molar-refractivity contribution in [1.29, 1.82) is 10.5 Å². The molecule has 0 saturated carbocycles. The van der Waals surface area contributed by atoms with Crippen molar-refractivity contribution in [3.8, 4) is 96.8 Å². The highest BCUT2D eigenvalue weighted by Gasteiger charge is 2.25. The van der Waals surface area contributed by atoms with Crippen molar-refractivity contribution in [2.75, 3.05) is 0 Å². The quantitative estimate of drug-likeness (QED) is 0.151. The van der Waals surface area contributed by atoms with Gasteiger partial charge in [0, 0.05) is 44.2 Å². The van der Waals surface area contributed by atoms with E-state index < -0.39 is 0 Å². The third kappa shape index (κ3) is 7.16. The molecule has 0 radical (unpaired) electrons. The van der Waals surface area contributed by atoms with Gasteiger partial charge in [0.05, 0.1) is 62.8 Å². The second kappa shape index (κ2) is 16.5. The number of nitriles is 2. The Kier molecular flexibility index (Phi) is 9.82. The largest absolute Gasteiger partial charge is 0.308 e. The van der Waals surface area contributed by atoms with Crippen molar-refractivity contribution in [3.63, 3.8) is 0 Å². The van der Waals surface area contributed by atoms with E-state index in [4.69, 9.17) is 19.9 Å². The Morgan fingerprint density at radius 1 is 0.338 bits per heavy atom. The van der Waals surface area contributed by atoms with Gasteiger partial charge in [0.1, 0.15) is 0 Å². The van der Waals surface area contributed by atoms with Crippen LogP contribution in [0.5, 0.6) is 0 Å². The van der Waals surface area contributed by atoms with E-state index >= 15 is 0 Å². The lowest BCUT2D eigenvalue weighted by Gasteiger charge is -2.20. The van der Waals surface area contributed by atoms with Crippen molar-refractivity contribution in [1.82, 2.24) is 24.5 Å². The number of nitrogens with zero attached hydrogens (tertiary/aromatic N) is 7. The minimum atomic E-state index is 0.442. The number of para-hydroxylation sites is 1. The molecule has 0 aliphatic carbocycles. The summed E-state index contributed by atoms with van der Waals surface area (Å²) in [5.41, 5.74) is 13.3. The van der Waals surface area contributed by atoms with Crippen molar-refractivity contribution in [2.45, 2.75) is 0 Å². The highest BCUT2D eigenvalue weighted by Crippen LogP contribution is 2.44. The molecule has 0 saturated heterocycles. The van der Waals surface area contributed by atoms with Gasteiger partial charge in [-0.3, -0.25) is 0 Å². The van der Waals surface area contributed by atoms with Gasteiger partial charge in [-0.15, -0.1) is 0 Å². The molecule has 0 spiro atoms. The second-order valence-electron chi connectivity index (χ2n) is 15.7. The van der Waals surface area contributed by atoms with E-state index in [1.54, 1.807) is 0 Å². The predicted molar refractivity (Wildman–Crippen MR) is 259 cm³/mol. The minimum absolute atomic E-state index is 0.442. The van der Waals surface area contributed by atoms with Crippen LogP contribution in [0.3, 0.4) is 0 Å². The summed E-state index contributed by atoms with van der Waals surface area (Å²) < 4.78 is 2.27. The maximum absolute atomic E-state index is 10.9. The number of hydrogen-bond donors (Lipinski definition) is 0. The van der Waals surface area contributed by atoms with Crippen molar-refractivity contribution in [2.24, 2.45) is 0 Å². The zero-order valence-corrected chi connectivity index (χ0v) is 34.8. The molecule has 8 aromatic carbocycles. The van der Waals surface area contributed by atoms with Crippen LogP contribution in [0.2, 0.25) is 0 Å². The SMILES string of the molecule is N#Cc1cc(-c2cc(-c3ccccc3)nc(-c3ccccc3)n2)c(-n2c3ccccc3c3cc(-c4ccccc4C#N)ccc32)c(-c2cc(-c3ccccc3)nc(-c3ccccc3)n2)c1. The van der Waals surface area contributed by atoms with Gasteiger partial charge in [-0.25, -0.2) is 19.9 Å². The molecule has 302 valence electrons. The highest BCUT2D eigenvalue weighted by atomic mass is 15.0. The fraction of sp³-hybridized carbons (Fsp3) is 0. The molecule has 3 heterocycles. The summed E-state index contributed by atoms with van der Waals surface area (Å²) in [6.07, 6.45) is 0. The zero-order valence-electron chi connectivity index (χ0n) is 34.8. The number of hydrogen-bond acceptors (Lipinski definition) is 6. The zero-order chi connectivity index (χ0) is 43.7. The van der Waals surface area contributed by atoms with Gasteiger partial charge in [0.15, 0.2) is 11.6 Å². The maximum atomic E-state index is 10.9. The van der Waals surface area contributed by atoms with E-state index in [0.29, 0.717) is 34.2 Å². The molecule has 65 heavy (non-hydrogen) atoms. The molecular formula is C58H35N7. The Hall–Kier alpha value is -9.30. The highest BCUT2D eigenvalue weighted by molar-refractivity contribution is 6.12. The topological polar surface area (TPSA) is 104 Å². The average Bonchev–Trinajstić information content (AvgIpc) is 3.72. The van der Waals surface area contributed by atoms with Gasteiger partial charge in [-0.1, -0.05) is 164 Å². The smallest absolute Gasteiger partial charge is 0.160 e. The molecule has 0 amide bonds. The van der Waals surface area contributed by atoms with Gasteiger partial charge < -0.3 is 4.57 Å². The van der Waals surface area contributed by atoms with Crippen LogP contribution < -0.4 is 0 Å². The predicted octanol–water partition coefficient (Wildman–Crippen LogP) is 13.8. The van der Waals surface area contributed by atoms with Crippen LogP contribution in [0, 0.1) is 22.7 Å². The maximum Gasteiger partial charge on any atom is 0.160 e. The van der Waals surface area contributed by atoms with E-state index in [1.807, 2.05) is 182 Å². The van der Waals surface area contributed by atoms with Gasteiger partial charge >= 0.3 is 0 Å². The molecule has 3 aromatic heterocycles. The normalized spacial score (nSPS) is 11.0. The van der Waals surface area contributed by atoms with Crippen LogP contribution in [0.15, 0.2) is 212 Å². The molecule has 0 atom stereocenters. The number of aromatic nitrogens is 5. The number of benzene rings is 8. The van der Waals surface area contributed by atoms with Crippen LogP contribution >= 0.6 is 0 Å². The average molecular weight is 830 g/mol. The van der Waals surface area contributed by atoms with Gasteiger partial charge in [0.2, 0.25) is 0 Å². The third-order valence-electron chi connectivity index (χ3n) is 11.7. The molecule has 7 nitrogen and oxygen atoms in total. The van der Waals surface area contributed by atoms with E-state index in [0.717, 1.165) is 83.4 Å². The lowest BCUT2D eigenvalue weighted by atomic mass is 9.95. The van der Waals surface area contributed by atoms with Gasteiger partial charge in [-0.05, 0) is 59.7 Å². The lowest BCUT2D eigenvalue weighted by Crippen LogP contribution is -2.05. The van der Waals surface area contributed by atoms with Gasteiger partial charge in [-0.2, -0.15) is 10.5 Å². The summed E-state index contributed by atoms with van der Waals surface area (Å²) >= 11 is 0. The van der Waals surface area contributed by atoms with Gasteiger partial charge in [0.25, 0.3) is 0 Å². The van der Waals surface area contributed by atoms with Crippen LogP contribution in [0.4, 0.5) is 0 Å². The Morgan fingerprint density at radius 3 is 1.34 bits per heavy atom. The summed E-state index contributed by atoms with van der Waals surface area (Å²) in [7, 11) is 0. The fourth-order valence-corrected chi connectivity index (χ4v) is 8.66. The first-order chi connectivity index (χ1) is 32.1. The summed E-state index contributed by atoms with van der Waals surface area (Å²) in [6.45, 7) is 0. The molecule has 0 bridgehead atoms. The van der Waals surface area contributed by atoms with Crippen LogP contribution in [0.25, 0.3) is 106 Å². The van der Waals surface area contributed by atoms with E-state index in [1.165, 1.54) is 0 Å². The monoisotopic (exact) mass is 829 g/mol. The van der Waals surface area contributed by atoms with Crippen molar-refractivity contribution in [3.05, 3.63) is 223 Å². The Morgan fingerprint density at radius 2 is 0.800 bits per heavy atom. The fourth-order valence-electron chi connectivity index (χ4n) is 8.66. The summed E-state index contributed by atoms with van der Waals surface area (Å²) in [4.78, 5) is 21.0. The summed E-state index contributed by atoms with van der Waals surface area (Å²) in [5.74, 6) is 1.11. The first-order valence-electron chi connectivity index (χ1n) is 21.3. The molecule has 0 aliphatic heterocycles. The minimum Gasteiger partial charge on any atom is -0.308 e. The molecule has 0 unspecified atom stereocenters. The molecule has 11 aromatic rings. The molecule has 0 fully saturated rings. The number of fused-ring (bicyclic) bond motifs is 3. The third-order valence-corrected chi connectivity index (χ3v) is 11.7. The standard InChI is InChI=1S/C58H35N7/c59-36-38-31-48(52-34-50(39-17-5-1-6-18-39)61-57(63-52)41-21-9-3-10-22-41)56(49(32-38)53-35-51(40-19-7-2-8-20-40)62-58(64-53)42-23-11-4-12-24-42)65-54-28-16-15-27-46(54)47-33-43(29-30-55(47)65)45-26-14-13-25-44(45)37-60/h1-35H. The van der Waals surface area contributed by atoms with E-state index in [-0.39, 0.29) is 0 Å².